The zero-order chi connectivity index (χ0) is 9.14. The number of aldehydes is 1. The first-order valence-electron chi connectivity index (χ1n) is 3.17. The maximum Gasteiger partial charge on any atom is 0.151 e. The average Bonchev–Trinajstić information content (AvgIpc) is 2.09. The van der Waals surface area contributed by atoms with E-state index < -0.39 is 5.82 Å². The van der Waals surface area contributed by atoms with Crippen LogP contribution in [0.1, 0.15) is 10.4 Å². The topological polar surface area (TPSA) is 26.3 Å². The van der Waals surface area contributed by atoms with Crippen LogP contribution in [0.4, 0.5) is 4.39 Å². The zero-order valence-corrected chi connectivity index (χ0v) is 7.06. The molecule has 0 aliphatic rings. The zero-order valence-electron chi connectivity index (χ0n) is 6.30. The van der Waals surface area contributed by atoms with Crippen LogP contribution < -0.4 is 4.74 Å². The first-order chi connectivity index (χ1) is 5.69. The third-order valence-corrected chi connectivity index (χ3v) is 1.79. The summed E-state index contributed by atoms with van der Waals surface area (Å²) in [5.74, 6) is -0.378. The van der Waals surface area contributed by atoms with Crippen molar-refractivity contribution in [1.82, 2.24) is 0 Å². The van der Waals surface area contributed by atoms with Crippen molar-refractivity contribution in [3.05, 3.63) is 28.5 Å². The van der Waals surface area contributed by atoms with Crippen molar-refractivity contribution in [3.8, 4) is 5.75 Å². The van der Waals surface area contributed by atoms with Gasteiger partial charge in [0.15, 0.2) is 6.29 Å². The summed E-state index contributed by atoms with van der Waals surface area (Å²) in [5.41, 5.74) is 0.0912. The molecule has 0 saturated heterocycles. The lowest BCUT2D eigenvalue weighted by Gasteiger charge is -2.02. The van der Waals surface area contributed by atoms with Gasteiger partial charge in [-0.2, -0.15) is 0 Å². The Morgan fingerprint density at radius 3 is 2.75 bits per heavy atom. The number of halogens is 2. The Morgan fingerprint density at radius 2 is 2.25 bits per heavy atom. The molecule has 12 heavy (non-hydrogen) atoms. The summed E-state index contributed by atoms with van der Waals surface area (Å²) in [6.45, 7) is 0. The molecule has 0 amide bonds. The molecule has 1 aromatic carbocycles. The molecule has 1 aromatic rings. The Hall–Kier alpha value is -1.09. The Balaban J connectivity index is 3.28. The van der Waals surface area contributed by atoms with Gasteiger partial charge in [0.2, 0.25) is 0 Å². The van der Waals surface area contributed by atoms with Gasteiger partial charge in [0.1, 0.15) is 11.6 Å². The van der Waals surface area contributed by atoms with Gasteiger partial charge in [0.25, 0.3) is 0 Å². The standard InChI is InChI=1S/C8H6ClFO2/c1-12-6-2-5(4-11)8(9)7(10)3-6/h2-4H,1H3. The van der Waals surface area contributed by atoms with Gasteiger partial charge in [-0.15, -0.1) is 0 Å². The first-order valence-corrected chi connectivity index (χ1v) is 3.55. The second-order valence-electron chi connectivity index (χ2n) is 2.13. The molecule has 0 atom stereocenters. The van der Waals surface area contributed by atoms with Crippen LogP contribution in [0.3, 0.4) is 0 Å². The molecule has 0 bridgehead atoms. The Morgan fingerprint density at radius 1 is 1.58 bits per heavy atom. The van der Waals surface area contributed by atoms with Crippen LogP contribution in [-0.2, 0) is 0 Å². The monoisotopic (exact) mass is 188 g/mol. The van der Waals surface area contributed by atoms with E-state index >= 15 is 0 Å². The highest BCUT2D eigenvalue weighted by Gasteiger charge is 2.07. The van der Waals surface area contributed by atoms with Gasteiger partial charge in [-0.1, -0.05) is 11.6 Å². The van der Waals surface area contributed by atoms with Crippen molar-refractivity contribution in [3.63, 3.8) is 0 Å². The van der Waals surface area contributed by atoms with Crippen molar-refractivity contribution in [1.29, 1.82) is 0 Å². The minimum absolute atomic E-state index is 0.0912. The fourth-order valence-electron chi connectivity index (χ4n) is 0.788. The number of hydrogen-bond donors (Lipinski definition) is 0. The third kappa shape index (κ3) is 1.56. The number of carbonyl (C=O) groups is 1. The Kier molecular flexibility index (Phi) is 2.65. The fraction of sp³-hybridized carbons (Fsp3) is 0.125. The van der Waals surface area contributed by atoms with Crippen molar-refractivity contribution in [2.45, 2.75) is 0 Å². The molecule has 0 fully saturated rings. The maximum atomic E-state index is 12.8. The van der Waals surface area contributed by atoms with Crippen LogP contribution in [-0.4, -0.2) is 13.4 Å². The van der Waals surface area contributed by atoms with E-state index in [4.69, 9.17) is 16.3 Å². The highest BCUT2D eigenvalue weighted by molar-refractivity contribution is 6.33. The molecule has 0 aliphatic heterocycles. The molecule has 0 saturated carbocycles. The predicted octanol–water partition coefficient (Wildman–Crippen LogP) is 2.30. The van der Waals surface area contributed by atoms with E-state index in [2.05, 4.69) is 0 Å². The van der Waals surface area contributed by atoms with E-state index in [0.29, 0.717) is 6.29 Å². The van der Waals surface area contributed by atoms with Gasteiger partial charge in [0.05, 0.1) is 12.1 Å². The van der Waals surface area contributed by atoms with Crippen molar-refractivity contribution in [2.75, 3.05) is 7.11 Å². The molecule has 0 radical (unpaired) electrons. The molecule has 2 nitrogen and oxygen atoms in total. The summed E-state index contributed by atoms with van der Waals surface area (Å²) in [6, 6.07) is 2.49. The number of benzene rings is 1. The second-order valence-corrected chi connectivity index (χ2v) is 2.51. The highest BCUT2D eigenvalue weighted by atomic mass is 35.5. The molecule has 0 aromatic heterocycles. The average molecular weight is 189 g/mol. The van der Waals surface area contributed by atoms with Crippen LogP contribution >= 0.6 is 11.6 Å². The van der Waals surface area contributed by atoms with Crippen LogP contribution in [0, 0.1) is 5.82 Å². The quantitative estimate of drug-likeness (QED) is 0.666. The summed E-state index contributed by atoms with van der Waals surface area (Å²) in [6.07, 6.45) is 0.480. The van der Waals surface area contributed by atoms with E-state index in [1.165, 1.54) is 13.2 Å². The maximum absolute atomic E-state index is 12.8. The van der Waals surface area contributed by atoms with Gasteiger partial charge < -0.3 is 4.74 Å². The van der Waals surface area contributed by atoms with Gasteiger partial charge >= 0.3 is 0 Å². The van der Waals surface area contributed by atoms with Gasteiger partial charge in [0, 0.05) is 11.6 Å². The van der Waals surface area contributed by atoms with E-state index in [1.807, 2.05) is 0 Å². The minimum Gasteiger partial charge on any atom is -0.497 e. The minimum atomic E-state index is -0.655. The molecule has 0 spiro atoms. The van der Waals surface area contributed by atoms with E-state index in [-0.39, 0.29) is 16.3 Å². The number of rotatable bonds is 2. The molecule has 1 rings (SSSR count). The summed E-state index contributed by atoms with van der Waals surface area (Å²) in [7, 11) is 1.39. The molecular weight excluding hydrogens is 183 g/mol. The molecule has 64 valence electrons. The Bertz CT molecular complexity index is 312. The van der Waals surface area contributed by atoms with Crippen molar-refractivity contribution < 1.29 is 13.9 Å². The normalized spacial score (nSPS) is 9.58. The SMILES string of the molecule is COc1cc(F)c(Cl)c(C=O)c1. The predicted molar refractivity (Wildman–Crippen MR) is 43.3 cm³/mol. The summed E-state index contributed by atoms with van der Waals surface area (Å²) in [4.78, 5) is 10.3. The van der Waals surface area contributed by atoms with Crippen LogP contribution in [0.15, 0.2) is 12.1 Å². The van der Waals surface area contributed by atoms with E-state index in [1.54, 1.807) is 0 Å². The summed E-state index contributed by atoms with van der Waals surface area (Å²) >= 11 is 5.46. The lowest BCUT2D eigenvalue weighted by molar-refractivity contribution is 0.112. The number of ether oxygens (including phenoxy) is 1. The molecule has 0 N–H and O–H groups in total. The Labute approximate surface area is 73.9 Å². The van der Waals surface area contributed by atoms with Crippen LogP contribution in [0.25, 0.3) is 0 Å². The van der Waals surface area contributed by atoms with E-state index in [0.717, 1.165) is 6.07 Å². The second kappa shape index (κ2) is 3.54. The van der Waals surface area contributed by atoms with Crippen molar-refractivity contribution in [2.24, 2.45) is 0 Å². The van der Waals surface area contributed by atoms with Crippen LogP contribution in [0.2, 0.25) is 5.02 Å². The van der Waals surface area contributed by atoms with E-state index in [9.17, 15) is 9.18 Å². The van der Waals surface area contributed by atoms with Gasteiger partial charge in [-0.25, -0.2) is 4.39 Å². The lowest BCUT2D eigenvalue weighted by Crippen LogP contribution is -1.90. The summed E-state index contributed by atoms with van der Waals surface area (Å²) in [5, 5.41) is -0.175. The first kappa shape index (κ1) is 9.00. The highest BCUT2D eigenvalue weighted by Crippen LogP contribution is 2.24. The molecular formula is C8H6ClFO2. The molecule has 0 aliphatic carbocycles. The van der Waals surface area contributed by atoms with Gasteiger partial charge in [-0.05, 0) is 6.07 Å². The number of carbonyl (C=O) groups excluding carboxylic acids is 1. The fourth-order valence-corrected chi connectivity index (χ4v) is 0.942. The molecule has 4 heteroatoms. The number of methoxy groups -OCH3 is 1. The third-order valence-electron chi connectivity index (χ3n) is 1.39. The van der Waals surface area contributed by atoms with Crippen molar-refractivity contribution >= 4 is 17.9 Å². The molecule has 0 heterocycles. The van der Waals surface area contributed by atoms with Crippen LogP contribution in [0.5, 0.6) is 5.75 Å². The lowest BCUT2D eigenvalue weighted by atomic mass is 10.2. The summed E-state index contributed by atoms with van der Waals surface area (Å²) < 4.78 is 17.6. The number of hydrogen-bond acceptors (Lipinski definition) is 2. The van der Waals surface area contributed by atoms with Gasteiger partial charge in [-0.3, -0.25) is 4.79 Å². The largest absolute Gasteiger partial charge is 0.497 e. The smallest absolute Gasteiger partial charge is 0.151 e. The molecule has 0 unspecified atom stereocenters.